The smallest absolute Gasteiger partial charge is 0.332 e. The van der Waals surface area contributed by atoms with Crippen LogP contribution < -0.4 is 0 Å². The second-order valence-corrected chi connectivity index (χ2v) is 4.37. The van der Waals surface area contributed by atoms with Gasteiger partial charge < -0.3 is 4.90 Å². The summed E-state index contributed by atoms with van der Waals surface area (Å²) in [6.07, 6.45) is -7.90. The van der Waals surface area contributed by atoms with Crippen LogP contribution in [0.25, 0.3) is 0 Å². The largest absolute Gasteiger partial charge is 0.419 e. The maximum absolute atomic E-state index is 13.8. The first-order chi connectivity index (χ1) is 9.68. The maximum Gasteiger partial charge on any atom is 0.419 e. The minimum absolute atomic E-state index is 0.209. The van der Waals surface area contributed by atoms with Crippen molar-refractivity contribution in [2.45, 2.75) is 12.6 Å². The van der Waals surface area contributed by atoms with Gasteiger partial charge in [-0.15, -0.1) is 11.6 Å². The van der Waals surface area contributed by atoms with E-state index in [9.17, 15) is 31.1 Å². The quantitative estimate of drug-likeness (QED) is 0.593. The molecular weight excluding hydrogens is 324 g/mol. The molecule has 0 atom stereocenters. The molecule has 9 heteroatoms. The predicted molar refractivity (Wildman–Crippen MR) is 64.0 cm³/mol. The molecule has 0 heterocycles. The Labute approximate surface area is 121 Å². The van der Waals surface area contributed by atoms with Crippen molar-refractivity contribution in [3.05, 3.63) is 35.1 Å². The normalized spacial score (nSPS) is 11.8. The summed E-state index contributed by atoms with van der Waals surface area (Å²) in [6, 6.07) is 2.10. The molecule has 0 bridgehead atoms. The van der Waals surface area contributed by atoms with Crippen LogP contribution in [-0.4, -0.2) is 36.2 Å². The summed E-state index contributed by atoms with van der Waals surface area (Å²) in [5, 5.41) is 0. The van der Waals surface area contributed by atoms with Crippen molar-refractivity contribution in [3.8, 4) is 0 Å². The highest BCUT2D eigenvalue weighted by Gasteiger charge is 2.36. The van der Waals surface area contributed by atoms with Gasteiger partial charge in [0.2, 0.25) is 0 Å². The van der Waals surface area contributed by atoms with E-state index in [4.69, 9.17) is 11.6 Å². The van der Waals surface area contributed by atoms with Gasteiger partial charge in [-0.05, 0) is 12.1 Å². The Kier molecular flexibility index (Phi) is 5.88. The second-order valence-electron chi connectivity index (χ2n) is 4.00. The number of nitrogens with zero attached hydrogens (tertiary/aromatic N) is 1. The van der Waals surface area contributed by atoms with Crippen molar-refractivity contribution in [1.29, 1.82) is 0 Å². The molecule has 0 aliphatic rings. The Balaban J connectivity index is 3.16. The Morgan fingerprint density at radius 3 is 2.38 bits per heavy atom. The summed E-state index contributed by atoms with van der Waals surface area (Å²) in [6.45, 7) is -1.37. The van der Waals surface area contributed by atoms with Crippen molar-refractivity contribution in [1.82, 2.24) is 4.90 Å². The molecule has 118 valence electrons. The second kappa shape index (κ2) is 7.02. The molecule has 0 fully saturated rings. The van der Waals surface area contributed by atoms with Crippen LogP contribution in [0.4, 0.5) is 26.3 Å². The molecule has 0 aliphatic heterocycles. The number of carbonyl (C=O) groups excluding carboxylic acids is 1. The van der Waals surface area contributed by atoms with Gasteiger partial charge in [0, 0.05) is 12.4 Å². The predicted octanol–water partition coefficient (Wildman–Crippen LogP) is 3.79. The van der Waals surface area contributed by atoms with Crippen molar-refractivity contribution in [2.24, 2.45) is 0 Å². The minimum atomic E-state index is -4.99. The van der Waals surface area contributed by atoms with Gasteiger partial charge in [0.1, 0.15) is 5.82 Å². The molecular formula is C12H10ClF6NO. The molecule has 0 saturated carbocycles. The number of carbonyl (C=O) groups is 1. The third-order valence-corrected chi connectivity index (χ3v) is 2.70. The highest BCUT2D eigenvalue weighted by atomic mass is 35.5. The van der Waals surface area contributed by atoms with Gasteiger partial charge >= 0.3 is 6.18 Å². The number of halogens is 7. The summed E-state index contributed by atoms with van der Waals surface area (Å²) in [5.41, 5.74) is -2.55. The lowest BCUT2D eigenvalue weighted by Crippen LogP contribution is -2.37. The first kappa shape index (κ1) is 17.6. The number of benzene rings is 1. The van der Waals surface area contributed by atoms with E-state index in [-0.39, 0.29) is 12.4 Å². The van der Waals surface area contributed by atoms with Gasteiger partial charge in [-0.25, -0.2) is 13.2 Å². The third kappa shape index (κ3) is 4.52. The van der Waals surface area contributed by atoms with Crippen LogP contribution in [0.3, 0.4) is 0 Å². The first-order valence-electron chi connectivity index (χ1n) is 5.67. The van der Waals surface area contributed by atoms with Crippen LogP contribution in [-0.2, 0) is 6.18 Å². The van der Waals surface area contributed by atoms with Gasteiger partial charge in [-0.3, -0.25) is 4.79 Å². The molecule has 1 rings (SSSR count). The zero-order chi connectivity index (χ0) is 16.2. The van der Waals surface area contributed by atoms with Crippen LogP contribution >= 0.6 is 11.6 Å². The van der Waals surface area contributed by atoms with Gasteiger partial charge in [0.25, 0.3) is 12.3 Å². The average molecular weight is 334 g/mol. The van der Waals surface area contributed by atoms with Crippen molar-refractivity contribution >= 4 is 17.5 Å². The summed E-state index contributed by atoms with van der Waals surface area (Å²) in [7, 11) is 0. The van der Waals surface area contributed by atoms with Gasteiger partial charge in [0.05, 0.1) is 17.7 Å². The molecule has 0 saturated heterocycles. The van der Waals surface area contributed by atoms with E-state index in [1.807, 2.05) is 0 Å². The van der Waals surface area contributed by atoms with Gasteiger partial charge in [0.15, 0.2) is 0 Å². The average Bonchev–Trinajstić information content (AvgIpc) is 2.36. The topological polar surface area (TPSA) is 20.3 Å². The SMILES string of the molecule is O=C(c1cccc(C(F)(F)F)c1F)N(CCCl)CC(F)F. The van der Waals surface area contributed by atoms with E-state index in [0.29, 0.717) is 11.0 Å². The molecule has 2 nitrogen and oxygen atoms in total. The van der Waals surface area contributed by atoms with E-state index >= 15 is 0 Å². The number of hydrogen-bond donors (Lipinski definition) is 0. The fourth-order valence-corrected chi connectivity index (χ4v) is 1.83. The standard InChI is InChI=1S/C12H10ClF6NO/c13-4-5-20(6-9(14)15)11(21)7-2-1-3-8(10(7)16)12(17,18)19/h1-3,9H,4-6H2. The van der Waals surface area contributed by atoms with Crippen molar-refractivity contribution in [3.63, 3.8) is 0 Å². The number of alkyl halides is 6. The van der Waals surface area contributed by atoms with E-state index in [2.05, 4.69) is 0 Å². The molecule has 0 radical (unpaired) electrons. The van der Waals surface area contributed by atoms with E-state index in [0.717, 1.165) is 12.1 Å². The molecule has 0 N–H and O–H groups in total. The van der Waals surface area contributed by atoms with E-state index in [1.165, 1.54) is 0 Å². The fraction of sp³-hybridized carbons (Fsp3) is 0.417. The first-order valence-corrected chi connectivity index (χ1v) is 6.21. The molecule has 0 aliphatic carbocycles. The zero-order valence-corrected chi connectivity index (χ0v) is 11.2. The van der Waals surface area contributed by atoms with E-state index < -0.39 is 42.0 Å². The van der Waals surface area contributed by atoms with Gasteiger partial charge in [-0.1, -0.05) is 6.07 Å². The van der Waals surface area contributed by atoms with Crippen LogP contribution in [0.5, 0.6) is 0 Å². The maximum atomic E-state index is 13.8. The Morgan fingerprint density at radius 2 is 1.90 bits per heavy atom. The number of amides is 1. The lowest BCUT2D eigenvalue weighted by Gasteiger charge is -2.22. The number of rotatable bonds is 5. The fourth-order valence-electron chi connectivity index (χ4n) is 1.63. The van der Waals surface area contributed by atoms with Crippen LogP contribution in [0.1, 0.15) is 15.9 Å². The molecule has 0 unspecified atom stereocenters. The zero-order valence-electron chi connectivity index (χ0n) is 10.4. The van der Waals surface area contributed by atoms with Crippen molar-refractivity contribution in [2.75, 3.05) is 19.0 Å². The van der Waals surface area contributed by atoms with Gasteiger partial charge in [-0.2, -0.15) is 13.2 Å². The highest BCUT2D eigenvalue weighted by molar-refractivity contribution is 6.18. The van der Waals surface area contributed by atoms with Crippen LogP contribution in [0.15, 0.2) is 18.2 Å². The lowest BCUT2D eigenvalue weighted by atomic mass is 10.1. The third-order valence-electron chi connectivity index (χ3n) is 2.53. The summed E-state index contributed by atoms with van der Waals surface area (Å²) in [5.74, 6) is -3.26. The summed E-state index contributed by atoms with van der Waals surface area (Å²) >= 11 is 5.34. The monoisotopic (exact) mass is 333 g/mol. The lowest BCUT2D eigenvalue weighted by molar-refractivity contribution is -0.140. The molecule has 1 aromatic rings. The molecule has 1 amide bonds. The minimum Gasteiger partial charge on any atom is -0.332 e. The molecule has 0 aromatic heterocycles. The number of hydrogen-bond acceptors (Lipinski definition) is 1. The van der Waals surface area contributed by atoms with E-state index in [1.54, 1.807) is 0 Å². The Hall–Kier alpha value is -1.44. The van der Waals surface area contributed by atoms with Crippen LogP contribution in [0.2, 0.25) is 0 Å². The highest BCUT2D eigenvalue weighted by Crippen LogP contribution is 2.32. The summed E-state index contributed by atoms with van der Waals surface area (Å²) in [4.78, 5) is 12.4. The Bertz CT molecular complexity index is 505. The Morgan fingerprint density at radius 1 is 1.29 bits per heavy atom. The van der Waals surface area contributed by atoms with Crippen molar-refractivity contribution < 1.29 is 31.1 Å². The molecule has 1 aromatic carbocycles. The van der Waals surface area contributed by atoms with Crippen LogP contribution in [0, 0.1) is 5.82 Å². The molecule has 0 spiro atoms. The molecule has 21 heavy (non-hydrogen) atoms. The summed E-state index contributed by atoms with van der Waals surface area (Å²) < 4.78 is 76.1.